The largest absolute Gasteiger partial charge is 0.337 e. The van der Waals surface area contributed by atoms with Crippen molar-refractivity contribution in [1.29, 1.82) is 0 Å². The zero-order valence-electron chi connectivity index (χ0n) is 11.3. The monoisotopic (exact) mass is 268 g/mol. The molecule has 1 amide bonds. The van der Waals surface area contributed by atoms with Crippen LogP contribution in [0.5, 0.6) is 0 Å². The van der Waals surface area contributed by atoms with Crippen molar-refractivity contribution >= 4 is 17.7 Å². The van der Waals surface area contributed by atoms with Gasteiger partial charge in [-0.25, -0.2) is 0 Å². The van der Waals surface area contributed by atoms with Gasteiger partial charge >= 0.3 is 0 Å². The van der Waals surface area contributed by atoms with Crippen molar-refractivity contribution in [2.75, 3.05) is 18.8 Å². The van der Waals surface area contributed by atoms with Crippen LogP contribution in [0.25, 0.3) is 0 Å². The lowest BCUT2D eigenvalue weighted by Crippen LogP contribution is -2.49. The molecule has 2 saturated heterocycles. The molecule has 18 heavy (non-hydrogen) atoms. The molecule has 2 unspecified atom stereocenters. The van der Waals surface area contributed by atoms with Gasteiger partial charge in [0.05, 0.1) is 4.75 Å². The second-order valence-corrected chi connectivity index (χ2v) is 7.76. The molecule has 1 saturated carbocycles. The Bertz CT molecular complexity index is 318. The number of hydrogen-bond donors (Lipinski definition) is 1. The van der Waals surface area contributed by atoms with E-state index in [9.17, 15) is 4.79 Å². The molecule has 3 rings (SSSR count). The molecule has 2 heterocycles. The molecule has 0 bridgehead atoms. The van der Waals surface area contributed by atoms with Gasteiger partial charge in [-0.2, -0.15) is 0 Å². The lowest BCUT2D eigenvalue weighted by molar-refractivity contribution is -0.134. The SMILES string of the molecule is CC1(C(=O)N(CC2CCCN2)C2CC2)CCCS1. The van der Waals surface area contributed by atoms with Crippen LogP contribution in [0, 0.1) is 0 Å². The normalized spacial score (nSPS) is 35.9. The van der Waals surface area contributed by atoms with E-state index in [4.69, 9.17) is 0 Å². The maximum atomic E-state index is 12.8. The van der Waals surface area contributed by atoms with Crippen LogP contribution in [0.15, 0.2) is 0 Å². The van der Waals surface area contributed by atoms with Gasteiger partial charge < -0.3 is 10.2 Å². The summed E-state index contributed by atoms with van der Waals surface area (Å²) >= 11 is 1.87. The Morgan fingerprint density at radius 2 is 2.22 bits per heavy atom. The maximum absolute atomic E-state index is 12.8. The minimum absolute atomic E-state index is 0.124. The minimum Gasteiger partial charge on any atom is -0.337 e. The molecule has 4 heteroatoms. The first kappa shape index (κ1) is 12.8. The number of carbonyl (C=O) groups is 1. The van der Waals surface area contributed by atoms with Crippen LogP contribution >= 0.6 is 11.8 Å². The Morgan fingerprint density at radius 1 is 1.39 bits per heavy atom. The number of hydrogen-bond acceptors (Lipinski definition) is 3. The van der Waals surface area contributed by atoms with Crippen molar-refractivity contribution < 1.29 is 4.79 Å². The molecule has 0 aromatic rings. The first-order valence-corrected chi connectivity index (χ1v) is 8.36. The molecule has 0 spiro atoms. The third kappa shape index (κ3) is 2.55. The van der Waals surface area contributed by atoms with Gasteiger partial charge in [0, 0.05) is 18.6 Å². The molecule has 102 valence electrons. The summed E-state index contributed by atoms with van der Waals surface area (Å²) < 4.78 is -0.124. The molecule has 0 aromatic carbocycles. The summed E-state index contributed by atoms with van der Waals surface area (Å²) in [7, 11) is 0. The van der Waals surface area contributed by atoms with Gasteiger partial charge in [-0.1, -0.05) is 0 Å². The summed E-state index contributed by atoms with van der Waals surface area (Å²) in [5.41, 5.74) is 0. The molecule has 3 nitrogen and oxygen atoms in total. The summed E-state index contributed by atoms with van der Waals surface area (Å²) in [4.78, 5) is 15.0. The third-order valence-corrected chi connectivity index (χ3v) is 6.01. The van der Waals surface area contributed by atoms with Crippen LogP contribution in [0.4, 0.5) is 0 Å². The van der Waals surface area contributed by atoms with E-state index in [1.807, 2.05) is 11.8 Å². The van der Waals surface area contributed by atoms with Gasteiger partial charge in [-0.05, 0) is 57.7 Å². The number of carbonyl (C=O) groups excluding carboxylic acids is 1. The maximum Gasteiger partial charge on any atom is 0.238 e. The fraction of sp³-hybridized carbons (Fsp3) is 0.929. The Balaban J connectivity index is 1.66. The first-order chi connectivity index (χ1) is 8.69. The smallest absolute Gasteiger partial charge is 0.238 e. The number of rotatable bonds is 4. The van der Waals surface area contributed by atoms with E-state index in [0.717, 1.165) is 25.3 Å². The highest BCUT2D eigenvalue weighted by molar-refractivity contribution is 8.01. The van der Waals surface area contributed by atoms with Crippen LogP contribution in [0.2, 0.25) is 0 Å². The van der Waals surface area contributed by atoms with Crippen molar-refractivity contribution in [3.05, 3.63) is 0 Å². The highest BCUT2D eigenvalue weighted by Crippen LogP contribution is 2.41. The molecule has 1 N–H and O–H groups in total. The van der Waals surface area contributed by atoms with Crippen LogP contribution in [-0.4, -0.2) is 46.5 Å². The Morgan fingerprint density at radius 3 is 2.78 bits per heavy atom. The number of nitrogens with zero attached hydrogens (tertiary/aromatic N) is 1. The summed E-state index contributed by atoms with van der Waals surface area (Å²) in [6, 6.07) is 1.10. The van der Waals surface area contributed by atoms with E-state index < -0.39 is 0 Å². The van der Waals surface area contributed by atoms with Crippen molar-refractivity contribution in [2.24, 2.45) is 0 Å². The first-order valence-electron chi connectivity index (χ1n) is 7.37. The Labute approximate surface area is 114 Å². The zero-order valence-corrected chi connectivity index (χ0v) is 12.1. The second kappa shape index (κ2) is 5.04. The number of amides is 1. The van der Waals surface area contributed by atoms with Crippen molar-refractivity contribution in [2.45, 2.75) is 62.3 Å². The molecular weight excluding hydrogens is 244 g/mol. The van der Waals surface area contributed by atoms with Crippen molar-refractivity contribution in [3.8, 4) is 0 Å². The van der Waals surface area contributed by atoms with E-state index in [2.05, 4.69) is 17.1 Å². The van der Waals surface area contributed by atoms with Gasteiger partial charge in [0.2, 0.25) is 5.91 Å². The highest BCUT2D eigenvalue weighted by Gasteiger charge is 2.44. The van der Waals surface area contributed by atoms with E-state index in [1.54, 1.807) is 0 Å². The molecule has 2 atom stereocenters. The highest BCUT2D eigenvalue weighted by atomic mass is 32.2. The third-order valence-electron chi connectivity index (χ3n) is 4.50. The standard InChI is InChI=1S/C14H24N2OS/c1-14(7-3-9-18-14)13(17)16(12-5-6-12)10-11-4-2-8-15-11/h11-12,15H,2-10H2,1H3. The van der Waals surface area contributed by atoms with Gasteiger partial charge in [0.25, 0.3) is 0 Å². The summed E-state index contributed by atoms with van der Waals surface area (Å²) in [5, 5.41) is 3.53. The van der Waals surface area contributed by atoms with Crippen LogP contribution in [0.3, 0.4) is 0 Å². The molecule has 3 aliphatic rings. The van der Waals surface area contributed by atoms with Gasteiger partial charge in [0.1, 0.15) is 0 Å². The summed E-state index contributed by atoms with van der Waals surface area (Å²) in [6.07, 6.45) is 7.22. The van der Waals surface area contributed by atoms with Gasteiger partial charge in [-0.15, -0.1) is 11.8 Å². The molecule has 1 aliphatic carbocycles. The predicted octanol–water partition coefficient (Wildman–Crippen LogP) is 2.02. The zero-order chi connectivity index (χ0) is 12.6. The molecular formula is C14H24N2OS. The lowest BCUT2D eigenvalue weighted by atomic mass is 10.0. The average Bonchev–Trinajstić information content (AvgIpc) is 2.89. The molecule has 2 aliphatic heterocycles. The Hall–Kier alpha value is -0.220. The number of nitrogens with one attached hydrogen (secondary N) is 1. The quantitative estimate of drug-likeness (QED) is 0.846. The second-order valence-electron chi connectivity index (χ2n) is 6.16. The van der Waals surface area contributed by atoms with Gasteiger partial charge in [-0.3, -0.25) is 4.79 Å². The molecule has 3 fully saturated rings. The predicted molar refractivity (Wildman–Crippen MR) is 75.9 cm³/mol. The van der Waals surface area contributed by atoms with E-state index >= 15 is 0 Å². The summed E-state index contributed by atoms with van der Waals surface area (Å²) in [5.74, 6) is 1.57. The van der Waals surface area contributed by atoms with E-state index in [-0.39, 0.29) is 4.75 Å². The van der Waals surface area contributed by atoms with E-state index in [0.29, 0.717) is 18.0 Å². The minimum atomic E-state index is -0.124. The number of thioether (sulfide) groups is 1. The molecule has 0 radical (unpaired) electrons. The van der Waals surface area contributed by atoms with Crippen LogP contribution in [-0.2, 0) is 4.79 Å². The van der Waals surface area contributed by atoms with Crippen LogP contribution in [0.1, 0.15) is 45.4 Å². The Kier molecular flexibility index (Phi) is 3.59. The van der Waals surface area contributed by atoms with E-state index in [1.165, 1.54) is 32.1 Å². The topological polar surface area (TPSA) is 32.3 Å². The van der Waals surface area contributed by atoms with Gasteiger partial charge in [0.15, 0.2) is 0 Å². The molecule has 0 aromatic heterocycles. The van der Waals surface area contributed by atoms with Crippen LogP contribution < -0.4 is 5.32 Å². The van der Waals surface area contributed by atoms with Crippen molar-refractivity contribution in [3.63, 3.8) is 0 Å². The fourth-order valence-electron chi connectivity index (χ4n) is 3.19. The average molecular weight is 268 g/mol. The fourth-order valence-corrected chi connectivity index (χ4v) is 4.45. The lowest BCUT2D eigenvalue weighted by Gasteiger charge is -2.33. The summed E-state index contributed by atoms with van der Waals surface area (Å²) in [6.45, 7) is 4.23. The van der Waals surface area contributed by atoms with Crippen molar-refractivity contribution in [1.82, 2.24) is 10.2 Å².